The molecule has 0 amide bonds. The number of ether oxygens (including phenoxy) is 1. The van der Waals surface area contributed by atoms with Crippen LogP contribution in [0.25, 0.3) is 99.3 Å². The van der Waals surface area contributed by atoms with Gasteiger partial charge in [-0.25, -0.2) is 4.98 Å². The van der Waals surface area contributed by atoms with E-state index in [-0.39, 0.29) is 5.41 Å². The number of hydrogen-bond acceptors (Lipinski definition) is 2. The molecule has 0 aliphatic carbocycles. The van der Waals surface area contributed by atoms with Gasteiger partial charge in [0.1, 0.15) is 17.3 Å². The zero-order chi connectivity index (χ0) is 44.3. The Hall–Kier alpha value is -8.42. The Kier molecular flexibility index (Phi) is 8.25. The molecule has 66 heavy (non-hydrogen) atoms. The normalized spacial score (nSPS) is 12.2. The Bertz CT molecular complexity index is 4070. The Morgan fingerprint density at radius 2 is 1.12 bits per heavy atom. The van der Waals surface area contributed by atoms with Gasteiger partial charge in [-0.05, 0) is 89.8 Å². The molecule has 7 heteroatoms. The molecule has 0 unspecified atom stereocenters. The summed E-state index contributed by atoms with van der Waals surface area (Å²) in [5.41, 5.74) is 13.1. The van der Waals surface area contributed by atoms with Crippen molar-refractivity contribution in [1.82, 2.24) is 23.3 Å². The molecule has 0 saturated heterocycles. The molecular weight excluding hydrogens is 809 g/mol. The number of hydrogen-bond donors (Lipinski definition) is 0. The second kappa shape index (κ2) is 14.3. The maximum absolute atomic E-state index is 6.93. The quantitative estimate of drug-likeness (QED) is 0.124. The lowest BCUT2D eigenvalue weighted by Gasteiger charge is -2.20. The summed E-state index contributed by atoms with van der Waals surface area (Å²) in [5, 5.41) is 7.17. The number of aromatic nitrogens is 6. The van der Waals surface area contributed by atoms with E-state index in [0.29, 0.717) is 0 Å². The summed E-state index contributed by atoms with van der Waals surface area (Å²) in [6.07, 6.45) is 5.59. The number of imidazole rings is 1. The van der Waals surface area contributed by atoms with Crippen LogP contribution in [0.5, 0.6) is 11.5 Å². The third kappa shape index (κ3) is 5.62. The van der Waals surface area contributed by atoms with Crippen LogP contribution < -0.4 is 9.30 Å². The minimum Gasteiger partial charge on any atom is -0.458 e. The van der Waals surface area contributed by atoms with Crippen LogP contribution >= 0.6 is 0 Å². The molecule has 316 valence electrons. The first-order chi connectivity index (χ1) is 32.3. The van der Waals surface area contributed by atoms with E-state index in [2.05, 4.69) is 227 Å². The molecule has 0 saturated carbocycles. The van der Waals surface area contributed by atoms with Gasteiger partial charge in [0.15, 0.2) is 0 Å². The molecule has 0 fully saturated rings. The Morgan fingerprint density at radius 1 is 0.500 bits per heavy atom. The number of nitrogens with zero attached hydrogens (tertiary/aromatic N) is 6. The molecular formula is C59H44N6O. The number of fused-ring (bicyclic) bond motifs is 13. The van der Waals surface area contributed by atoms with Crippen molar-refractivity contribution in [3.8, 4) is 34.4 Å². The summed E-state index contributed by atoms with van der Waals surface area (Å²) in [6.45, 7) is 6.79. The van der Waals surface area contributed by atoms with Crippen molar-refractivity contribution in [1.29, 1.82) is 0 Å². The second-order valence-corrected chi connectivity index (χ2v) is 18.3. The SMILES string of the molecule is Cn1c2ccccc2c2c3c4ccc(Oc5cccc(-[n+]6[c-]n(-c7ccccc7)c7ccccc76)c5)cc4n(-c4cc(C(C)(C)C)ccn4)c3c3c(c4ccccc4n3-c3ccccc3)c21. The van der Waals surface area contributed by atoms with Gasteiger partial charge in [0, 0.05) is 62.8 Å². The predicted octanol–water partition coefficient (Wildman–Crippen LogP) is 14.0. The minimum absolute atomic E-state index is 0.101. The molecule has 0 N–H and O–H groups in total. The average Bonchev–Trinajstić information content (AvgIpc) is 4.09. The van der Waals surface area contributed by atoms with Gasteiger partial charge in [0.2, 0.25) is 0 Å². The zero-order valence-electron chi connectivity index (χ0n) is 37.1. The summed E-state index contributed by atoms with van der Waals surface area (Å²) in [5.74, 6) is 2.31. The fourth-order valence-corrected chi connectivity index (χ4v) is 10.4. The van der Waals surface area contributed by atoms with Gasteiger partial charge in [-0.2, -0.15) is 0 Å². The molecule has 0 aliphatic heterocycles. The lowest BCUT2D eigenvalue weighted by molar-refractivity contribution is -0.572. The Balaban J connectivity index is 1.11. The van der Waals surface area contributed by atoms with Crippen molar-refractivity contribution >= 4 is 76.5 Å². The maximum Gasteiger partial charge on any atom is 0.269 e. The van der Waals surface area contributed by atoms with Gasteiger partial charge >= 0.3 is 0 Å². The van der Waals surface area contributed by atoms with Crippen molar-refractivity contribution in [2.24, 2.45) is 7.05 Å². The molecule has 0 atom stereocenters. The van der Waals surface area contributed by atoms with Crippen molar-refractivity contribution in [2.75, 3.05) is 0 Å². The highest BCUT2D eigenvalue weighted by Gasteiger charge is 2.29. The average molecular weight is 853 g/mol. The monoisotopic (exact) mass is 852 g/mol. The molecule has 5 heterocycles. The van der Waals surface area contributed by atoms with Gasteiger partial charge in [0.25, 0.3) is 6.33 Å². The largest absolute Gasteiger partial charge is 0.458 e. The summed E-state index contributed by atoms with van der Waals surface area (Å²) >= 11 is 0. The van der Waals surface area contributed by atoms with Crippen LogP contribution in [0.4, 0.5) is 0 Å². The first kappa shape index (κ1) is 38.1. The molecule has 7 nitrogen and oxygen atoms in total. The number of pyridine rings is 1. The smallest absolute Gasteiger partial charge is 0.269 e. The first-order valence-corrected chi connectivity index (χ1v) is 22.5. The van der Waals surface area contributed by atoms with E-state index in [1.807, 2.05) is 24.4 Å². The Labute approximate surface area is 381 Å². The van der Waals surface area contributed by atoms with Gasteiger partial charge in [-0.15, -0.1) is 0 Å². The molecule has 0 spiro atoms. The standard InChI is InChI=1S/C59H44N6O/c1-59(2,3)38-32-33-60-52(34-38)65-51-36-43(66-42-23-17-22-41(35-42)63-37-62(39-18-7-5-8-19-39)49-28-15-16-29-50(49)63)30-31-46(51)54-53-44-24-11-13-26-47(44)61(4)56(53)55-45-25-12-14-27-48(45)64(58(55)57(54)65)40-20-9-6-10-21-40/h5-36H,1-4H3. The van der Waals surface area contributed by atoms with Crippen molar-refractivity contribution in [3.63, 3.8) is 0 Å². The van der Waals surface area contributed by atoms with Crippen LogP contribution in [-0.2, 0) is 12.5 Å². The molecule has 0 radical (unpaired) electrons. The highest BCUT2D eigenvalue weighted by atomic mass is 16.5. The third-order valence-electron chi connectivity index (χ3n) is 13.4. The number of benzene rings is 8. The molecule has 0 bridgehead atoms. The fraction of sp³-hybridized carbons (Fsp3) is 0.0847. The minimum atomic E-state index is -0.101. The highest BCUT2D eigenvalue weighted by Crippen LogP contribution is 2.50. The molecule has 13 aromatic rings. The first-order valence-electron chi connectivity index (χ1n) is 22.5. The highest BCUT2D eigenvalue weighted by molar-refractivity contribution is 6.40. The fourth-order valence-electron chi connectivity index (χ4n) is 10.4. The lowest BCUT2D eigenvalue weighted by Crippen LogP contribution is -2.29. The van der Waals surface area contributed by atoms with Crippen LogP contribution in [0, 0.1) is 6.33 Å². The summed E-state index contributed by atoms with van der Waals surface area (Å²) in [4.78, 5) is 5.21. The number of para-hydroxylation sites is 6. The summed E-state index contributed by atoms with van der Waals surface area (Å²) in [6, 6.07) is 66.5. The summed E-state index contributed by atoms with van der Waals surface area (Å²) < 4.78 is 18.4. The topological polar surface area (TPSA) is 45.7 Å². The van der Waals surface area contributed by atoms with E-state index < -0.39 is 0 Å². The lowest BCUT2D eigenvalue weighted by atomic mass is 9.88. The van der Waals surface area contributed by atoms with E-state index in [1.54, 1.807) is 0 Å². The van der Waals surface area contributed by atoms with Crippen LogP contribution in [0.2, 0.25) is 0 Å². The van der Waals surface area contributed by atoms with E-state index in [0.717, 1.165) is 72.9 Å². The van der Waals surface area contributed by atoms with Gasteiger partial charge < -0.3 is 13.9 Å². The summed E-state index contributed by atoms with van der Waals surface area (Å²) in [7, 11) is 2.22. The van der Waals surface area contributed by atoms with E-state index in [9.17, 15) is 0 Å². The third-order valence-corrected chi connectivity index (χ3v) is 13.4. The molecule has 0 aliphatic rings. The van der Waals surface area contributed by atoms with Crippen LogP contribution in [0.3, 0.4) is 0 Å². The van der Waals surface area contributed by atoms with Crippen molar-refractivity contribution in [3.05, 3.63) is 206 Å². The van der Waals surface area contributed by atoms with Crippen molar-refractivity contribution < 1.29 is 9.30 Å². The molecule has 13 rings (SSSR count). The number of rotatable bonds is 6. The molecule has 8 aromatic carbocycles. The van der Waals surface area contributed by atoms with E-state index >= 15 is 0 Å². The van der Waals surface area contributed by atoms with Crippen molar-refractivity contribution in [2.45, 2.75) is 26.2 Å². The van der Waals surface area contributed by atoms with E-state index in [4.69, 9.17) is 9.72 Å². The Morgan fingerprint density at radius 3 is 1.89 bits per heavy atom. The number of aryl methyl sites for hydroxylation is 1. The van der Waals surface area contributed by atoms with Crippen LogP contribution in [0.1, 0.15) is 26.3 Å². The van der Waals surface area contributed by atoms with Crippen LogP contribution in [-0.4, -0.2) is 23.3 Å². The predicted molar refractivity (Wildman–Crippen MR) is 269 cm³/mol. The molecule has 5 aromatic heterocycles. The maximum atomic E-state index is 6.93. The zero-order valence-corrected chi connectivity index (χ0v) is 37.1. The second-order valence-electron chi connectivity index (χ2n) is 18.3. The van der Waals surface area contributed by atoms with E-state index in [1.165, 1.54) is 43.5 Å². The van der Waals surface area contributed by atoms with Crippen LogP contribution in [0.15, 0.2) is 194 Å². The van der Waals surface area contributed by atoms with Gasteiger partial charge in [-0.1, -0.05) is 124 Å². The van der Waals surface area contributed by atoms with Gasteiger partial charge in [0.05, 0.1) is 50.0 Å². The van der Waals surface area contributed by atoms with Gasteiger partial charge in [-0.3, -0.25) is 13.7 Å².